The monoisotopic (exact) mass is 366 g/mol. The van der Waals surface area contributed by atoms with Crippen molar-refractivity contribution in [1.29, 1.82) is 0 Å². The molecule has 7 N–H and O–H groups in total. The zero-order valence-electron chi connectivity index (χ0n) is 15.0. The third-order valence-corrected chi connectivity index (χ3v) is 5.52. The van der Waals surface area contributed by atoms with E-state index in [9.17, 15) is 9.59 Å². The minimum absolute atomic E-state index is 0.0967. The minimum atomic E-state index is -1.32. The number of anilines is 2. The fourth-order valence-electron chi connectivity index (χ4n) is 3.79. The van der Waals surface area contributed by atoms with Gasteiger partial charge in [0, 0.05) is 25.2 Å². The van der Waals surface area contributed by atoms with Crippen molar-refractivity contribution in [3.05, 3.63) is 20.4 Å². The van der Waals surface area contributed by atoms with Crippen molar-refractivity contribution in [2.24, 2.45) is 17.4 Å². The van der Waals surface area contributed by atoms with Crippen molar-refractivity contribution in [2.45, 2.75) is 37.2 Å². The van der Waals surface area contributed by atoms with Gasteiger partial charge < -0.3 is 36.5 Å². The van der Waals surface area contributed by atoms with Gasteiger partial charge in [0.05, 0.1) is 18.8 Å². The third-order valence-electron chi connectivity index (χ3n) is 5.52. The molecule has 0 saturated carbocycles. The summed E-state index contributed by atoms with van der Waals surface area (Å²) in [6.45, 7) is 4.17. The summed E-state index contributed by atoms with van der Waals surface area (Å²) in [5, 5.41) is 21.0. The highest BCUT2D eigenvalue weighted by molar-refractivity contribution is 6.40. The molecule has 0 unspecified atom stereocenters. The van der Waals surface area contributed by atoms with Gasteiger partial charge in [0.25, 0.3) is 10.9 Å². The number of hydrogen-bond acceptors (Lipinski definition) is 9. The lowest BCUT2D eigenvalue weighted by molar-refractivity contribution is -0.0461. The summed E-state index contributed by atoms with van der Waals surface area (Å²) >= 11 is 0. The fraction of sp³-hybridized carbons (Fsp3) is 0.750. The second-order valence-corrected chi connectivity index (χ2v) is 8.09. The van der Waals surface area contributed by atoms with Crippen LogP contribution in [0.25, 0.3) is 0 Å². The average Bonchev–Trinajstić information content (AvgIpc) is 2.82. The van der Waals surface area contributed by atoms with E-state index in [2.05, 4.69) is 5.32 Å². The maximum Gasteiger partial charge on any atom is 0.451 e. The van der Waals surface area contributed by atoms with Gasteiger partial charge in [0.2, 0.25) is 0 Å². The van der Waals surface area contributed by atoms with E-state index in [0.717, 1.165) is 6.42 Å². The van der Waals surface area contributed by atoms with Crippen molar-refractivity contribution >= 4 is 18.5 Å². The molecule has 0 spiro atoms. The average molecular weight is 366 g/mol. The number of ether oxygens (including phenoxy) is 1. The van der Waals surface area contributed by atoms with Gasteiger partial charge in [0.1, 0.15) is 11.4 Å². The number of nitrogens with zero attached hydrogens (tertiary/aromatic N) is 1. The van der Waals surface area contributed by atoms with Gasteiger partial charge in [-0.2, -0.15) is 0 Å². The van der Waals surface area contributed by atoms with Gasteiger partial charge in [-0.25, -0.2) is 0 Å². The van der Waals surface area contributed by atoms with Crippen molar-refractivity contribution in [2.75, 3.05) is 43.1 Å². The molecule has 2 aliphatic rings. The summed E-state index contributed by atoms with van der Waals surface area (Å²) in [4.78, 5) is 26.0. The van der Waals surface area contributed by atoms with E-state index in [1.807, 2.05) is 11.8 Å². The van der Waals surface area contributed by atoms with Gasteiger partial charge >= 0.3 is 7.12 Å². The zero-order valence-corrected chi connectivity index (χ0v) is 15.0. The Morgan fingerprint density at radius 2 is 2.00 bits per heavy atom. The molecule has 26 heavy (non-hydrogen) atoms. The van der Waals surface area contributed by atoms with Gasteiger partial charge in [-0.05, 0) is 25.6 Å². The smallest absolute Gasteiger partial charge is 0.427 e. The Morgan fingerprint density at radius 3 is 2.58 bits per heavy atom. The molecule has 2 saturated heterocycles. The molecule has 0 radical (unpaired) electrons. The predicted molar refractivity (Wildman–Crippen MR) is 100 cm³/mol. The van der Waals surface area contributed by atoms with E-state index < -0.39 is 29.1 Å². The first-order valence-electron chi connectivity index (χ1n) is 8.97. The van der Waals surface area contributed by atoms with Crippen LogP contribution in [0.15, 0.2) is 9.59 Å². The van der Waals surface area contributed by atoms with Gasteiger partial charge in [-0.15, -0.1) is 0 Å². The second-order valence-electron chi connectivity index (χ2n) is 8.09. The van der Waals surface area contributed by atoms with Crippen LogP contribution in [-0.2, 0) is 4.74 Å². The normalized spacial score (nSPS) is 27.6. The summed E-state index contributed by atoms with van der Waals surface area (Å²) in [5.41, 5.74) is 11.1. The van der Waals surface area contributed by atoms with Crippen molar-refractivity contribution in [1.82, 2.24) is 0 Å². The molecule has 144 valence electrons. The molecule has 0 aromatic heterocycles. The van der Waals surface area contributed by atoms with E-state index in [0.29, 0.717) is 57.0 Å². The standard InChI is InChI=1S/C16H27BN4O5/c1-15(18)7-21(5-10(15)3-2-4-17(24)25)12-11(13(22)14(12)23)20-6-16(19)8-26-9-16/h10,20,24-25H,2-9,18-19H2,1H3/t10-,15-/m0/s1. The largest absolute Gasteiger partial charge is 0.451 e. The van der Waals surface area contributed by atoms with Gasteiger partial charge in [0.15, 0.2) is 0 Å². The molecule has 1 aromatic carbocycles. The van der Waals surface area contributed by atoms with Crippen molar-refractivity contribution < 1.29 is 14.8 Å². The summed E-state index contributed by atoms with van der Waals surface area (Å²) in [7, 11) is -1.32. The summed E-state index contributed by atoms with van der Waals surface area (Å²) in [6, 6.07) is 0. The Morgan fingerprint density at radius 1 is 1.31 bits per heavy atom. The Balaban J connectivity index is 1.66. The van der Waals surface area contributed by atoms with Crippen LogP contribution >= 0.6 is 0 Å². The van der Waals surface area contributed by atoms with E-state index in [4.69, 9.17) is 26.3 Å². The highest BCUT2D eigenvalue weighted by Gasteiger charge is 2.43. The Bertz CT molecular complexity index is 727. The molecular formula is C16H27BN4O5. The van der Waals surface area contributed by atoms with Crippen molar-refractivity contribution in [3.63, 3.8) is 0 Å². The fourth-order valence-corrected chi connectivity index (χ4v) is 3.79. The molecule has 2 atom stereocenters. The summed E-state index contributed by atoms with van der Waals surface area (Å²) in [5.74, 6) is 0.0967. The SMILES string of the molecule is C[C@]1(N)CN(c2c(NCC3(N)COC3)c(=O)c2=O)C[C@@H]1CCCB(O)O. The Hall–Kier alpha value is -1.46. The highest BCUT2D eigenvalue weighted by Crippen LogP contribution is 2.34. The molecule has 0 aliphatic carbocycles. The minimum Gasteiger partial charge on any atom is -0.427 e. The summed E-state index contributed by atoms with van der Waals surface area (Å²) in [6.07, 6.45) is 1.65. The first-order chi connectivity index (χ1) is 12.1. The quantitative estimate of drug-likeness (QED) is 0.256. The number of nitrogens with one attached hydrogen (secondary N) is 1. The first kappa shape index (κ1) is 19.3. The maximum atomic E-state index is 12.1. The summed E-state index contributed by atoms with van der Waals surface area (Å²) < 4.78 is 5.10. The zero-order chi connectivity index (χ0) is 19.1. The lowest BCUT2D eigenvalue weighted by atomic mass is 9.79. The Labute approximate surface area is 152 Å². The van der Waals surface area contributed by atoms with Gasteiger partial charge in [-0.1, -0.05) is 6.42 Å². The van der Waals surface area contributed by atoms with E-state index in [1.165, 1.54) is 0 Å². The number of rotatable bonds is 8. The molecule has 2 aliphatic heterocycles. The van der Waals surface area contributed by atoms with E-state index in [-0.39, 0.29) is 5.92 Å². The Kier molecular flexibility index (Phi) is 5.15. The molecule has 9 nitrogen and oxygen atoms in total. The topological polar surface area (TPSA) is 151 Å². The van der Waals surface area contributed by atoms with Gasteiger partial charge in [-0.3, -0.25) is 9.59 Å². The van der Waals surface area contributed by atoms with Crippen LogP contribution in [-0.4, -0.2) is 61.1 Å². The number of hydrogen-bond donors (Lipinski definition) is 5. The van der Waals surface area contributed by atoms with Crippen LogP contribution < -0.4 is 32.5 Å². The predicted octanol–water partition coefficient (Wildman–Crippen LogP) is -2.17. The second kappa shape index (κ2) is 6.93. The van der Waals surface area contributed by atoms with Crippen LogP contribution in [0.5, 0.6) is 0 Å². The molecule has 10 heteroatoms. The molecule has 0 amide bonds. The lowest BCUT2D eigenvalue weighted by Gasteiger charge is -2.38. The highest BCUT2D eigenvalue weighted by atomic mass is 16.5. The molecule has 2 fully saturated rings. The van der Waals surface area contributed by atoms with Crippen LogP contribution in [0.2, 0.25) is 6.32 Å². The molecular weight excluding hydrogens is 339 g/mol. The van der Waals surface area contributed by atoms with Crippen LogP contribution in [0.3, 0.4) is 0 Å². The van der Waals surface area contributed by atoms with Crippen molar-refractivity contribution in [3.8, 4) is 0 Å². The van der Waals surface area contributed by atoms with Crippen LogP contribution in [0.4, 0.5) is 11.4 Å². The number of nitrogens with two attached hydrogens (primary N) is 2. The molecule has 2 heterocycles. The lowest BCUT2D eigenvalue weighted by Crippen LogP contribution is -2.62. The van der Waals surface area contributed by atoms with E-state index >= 15 is 0 Å². The molecule has 0 bridgehead atoms. The van der Waals surface area contributed by atoms with Crippen LogP contribution in [0, 0.1) is 5.92 Å². The van der Waals surface area contributed by atoms with Crippen LogP contribution in [0.1, 0.15) is 19.8 Å². The molecule has 3 rings (SSSR count). The molecule has 1 aromatic rings. The first-order valence-corrected chi connectivity index (χ1v) is 8.97. The van der Waals surface area contributed by atoms with E-state index in [1.54, 1.807) is 0 Å². The third kappa shape index (κ3) is 3.65. The maximum absolute atomic E-state index is 12.1.